The smallest absolute Gasteiger partial charge is 0.322 e. The highest BCUT2D eigenvalue weighted by Gasteiger charge is 2.14. The topological polar surface area (TPSA) is 59.4 Å². The van der Waals surface area contributed by atoms with Gasteiger partial charge < -0.3 is 19.5 Å². The van der Waals surface area contributed by atoms with Gasteiger partial charge >= 0.3 is 6.03 Å². The van der Waals surface area contributed by atoms with Gasteiger partial charge in [0, 0.05) is 37.7 Å². The monoisotopic (exact) mass is 392 g/mol. The Kier molecular flexibility index (Phi) is 7.28. The molecule has 0 spiro atoms. The fourth-order valence-corrected chi connectivity index (χ4v) is 3.03. The van der Waals surface area contributed by atoms with E-state index in [-0.39, 0.29) is 6.03 Å². The summed E-state index contributed by atoms with van der Waals surface area (Å²) in [6.07, 6.45) is 6.34. The lowest BCUT2D eigenvalue weighted by atomic mass is 10.2. The third-order valence-electron chi connectivity index (χ3n) is 4.60. The van der Waals surface area contributed by atoms with Crippen molar-refractivity contribution in [3.63, 3.8) is 0 Å². The van der Waals surface area contributed by atoms with Gasteiger partial charge in [-0.05, 0) is 50.1 Å². The Hall–Kier alpha value is -3.28. The predicted molar refractivity (Wildman–Crippen MR) is 115 cm³/mol. The fraction of sp³-hybridized carbons (Fsp3) is 0.304. The Morgan fingerprint density at radius 2 is 1.90 bits per heavy atom. The third-order valence-corrected chi connectivity index (χ3v) is 4.60. The van der Waals surface area contributed by atoms with Crippen LogP contribution in [-0.4, -0.2) is 33.6 Å². The van der Waals surface area contributed by atoms with Gasteiger partial charge in [0.05, 0.1) is 12.9 Å². The van der Waals surface area contributed by atoms with Crippen molar-refractivity contribution >= 4 is 11.7 Å². The van der Waals surface area contributed by atoms with Crippen molar-refractivity contribution in [2.45, 2.75) is 33.4 Å². The fourth-order valence-electron chi connectivity index (χ4n) is 3.03. The number of carbonyl (C=O) groups excluding carboxylic acids is 1. The molecule has 0 bridgehead atoms. The number of anilines is 1. The molecule has 2 amide bonds. The molecule has 29 heavy (non-hydrogen) atoms. The van der Waals surface area contributed by atoms with Crippen LogP contribution < -0.4 is 10.1 Å². The largest absolute Gasteiger partial charge is 0.494 e. The Morgan fingerprint density at radius 3 is 2.55 bits per heavy atom. The number of rotatable bonds is 9. The number of aromatic nitrogens is 2. The van der Waals surface area contributed by atoms with Crippen molar-refractivity contribution < 1.29 is 9.53 Å². The van der Waals surface area contributed by atoms with E-state index in [0.29, 0.717) is 19.7 Å². The zero-order valence-electron chi connectivity index (χ0n) is 17.0. The summed E-state index contributed by atoms with van der Waals surface area (Å²) in [7, 11) is 0. The second kappa shape index (κ2) is 10.3. The quantitative estimate of drug-likeness (QED) is 0.573. The van der Waals surface area contributed by atoms with E-state index in [0.717, 1.165) is 35.5 Å². The summed E-state index contributed by atoms with van der Waals surface area (Å²) >= 11 is 0. The number of carbonyl (C=O) groups is 1. The van der Waals surface area contributed by atoms with Crippen molar-refractivity contribution in [1.29, 1.82) is 0 Å². The van der Waals surface area contributed by atoms with E-state index in [1.807, 2.05) is 78.0 Å². The molecular formula is C23H28N4O2. The number of hydrogen-bond donors (Lipinski definition) is 1. The van der Waals surface area contributed by atoms with Gasteiger partial charge in [0.1, 0.15) is 5.75 Å². The second-order valence-corrected chi connectivity index (χ2v) is 6.95. The number of imidazole rings is 1. The number of amides is 2. The van der Waals surface area contributed by atoms with Crippen LogP contribution in [0.25, 0.3) is 0 Å². The number of hydrogen-bond acceptors (Lipinski definition) is 3. The van der Waals surface area contributed by atoms with Gasteiger partial charge in [-0.15, -0.1) is 0 Å². The van der Waals surface area contributed by atoms with Gasteiger partial charge in [0.2, 0.25) is 0 Å². The van der Waals surface area contributed by atoms with Crippen molar-refractivity contribution in [3.05, 3.63) is 78.4 Å². The molecular weight excluding hydrogens is 364 g/mol. The van der Waals surface area contributed by atoms with Crippen LogP contribution >= 0.6 is 0 Å². The molecule has 0 aliphatic carbocycles. The lowest BCUT2D eigenvalue weighted by molar-refractivity contribution is 0.207. The van der Waals surface area contributed by atoms with E-state index in [1.54, 1.807) is 12.5 Å². The molecule has 3 rings (SSSR count). The van der Waals surface area contributed by atoms with E-state index < -0.39 is 0 Å². The first kappa shape index (κ1) is 20.5. The number of aryl methyl sites for hydroxylation is 2. The normalized spacial score (nSPS) is 10.6. The van der Waals surface area contributed by atoms with Crippen LogP contribution in [0.1, 0.15) is 24.5 Å². The molecule has 152 valence electrons. The predicted octanol–water partition coefficient (Wildman–Crippen LogP) is 4.71. The molecule has 0 aliphatic heterocycles. The van der Waals surface area contributed by atoms with Crippen LogP contribution in [0.3, 0.4) is 0 Å². The molecule has 1 heterocycles. The van der Waals surface area contributed by atoms with Crippen molar-refractivity contribution in [2.75, 3.05) is 18.5 Å². The lowest BCUT2D eigenvalue weighted by Crippen LogP contribution is -2.35. The van der Waals surface area contributed by atoms with Crippen molar-refractivity contribution in [2.24, 2.45) is 0 Å². The molecule has 1 N–H and O–H groups in total. The first-order valence-corrected chi connectivity index (χ1v) is 9.94. The Labute approximate surface area is 172 Å². The highest BCUT2D eigenvalue weighted by atomic mass is 16.5. The zero-order chi connectivity index (χ0) is 20.5. The maximum atomic E-state index is 12.9. The molecule has 6 heteroatoms. The molecule has 1 aromatic heterocycles. The third kappa shape index (κ3) is 6.38. The molecule has 0 aliphatic rings. The molecule has 0 saturated carbocycles. The average molecular weight is 393 g/mol. The van der Waals surface area contributed by atoms with E-state index in [4.69, 9.17) is 4.74 Å². The van der Waals surface area contributed by atoms with Gasteiger partial charge in [-0.25, -0.2) is 9.78 Å². The number of nitrogens with zero attached hydrogens (tertiary/aromatic N) is 3. The molecule has 0 radical (unpaired) electrons. The first-order valence-electron chi connectivity index (χ1n) is 9.94. The van der Waals surface area contributed by atoms with Crippen LogP contribution in [0, 0.1) is 6.92 Å². The molecule has 3 aromatic rings. The Balaban J connectivity index is 1.65. The molecule has 6 nitrogen and oxygen atoms in total. The van der Waals surface area contributed by atoms with Crippen LogP contribution in [0.5, 0.6) is 5.75 Å². The van der Waals surface area contributed by atoms with Gasteiger partial charge in [-0.1, -0.05) is 29.8 Å². The molecule has 0 unspecified atom stereocenters. The minimum absolute atomic E-state index is 0.103. The lowest BCUT2D eigenvalue weighted by Gasteiger charge is -2.23. The Bertz CT molecular complexity index is 874. The SMILES string of the molecule is CCOc1ccc(CN(CCCn2ccnc2)C(=O)Nc2ccc(C)cc2)cc1. The molecule has 0 atom stereocenters. The van der Waals surface area contributed by atoms with E-state index in [1.165, 1.54) is 0 Å². The Morgan fingerprint density at radius 1 is 1.14 bits per heavy atom. The first-order chi connectivity index (χ1) is 14.1. The highest BCUT2D eigenvalue weighted by Crippen LogP contribution is 2.16. The van der Waals surface area contributed by atoms with E-state index in [2.05, 4.69) is 10.3 Å². The zero-order valence-corrected chi connectivity index (χ0v) is 17.0. The van der Waals surface area contributed by atoms with Gasteiger partial charge in [-0.2, -0.15) is 0 Å². The van der Waals surface area contributed by atoms with Gasteiger partial charge in [0.15, 0.2) is 0 Å². The minimum atomic E-state index is -0.103. The maximum Gasteiger partial charge on any atom is 0.322 e. The number of urea groups is 1. The summed E-state index contributed by atoms with van der Waals surface area (Å²) in [5.74, 6) is 0.840. The summed E-state index contributed by atoms with van der Waals surface area (Å²) in [6, 6.07) is 15.6. The van der Waals surface area contributed by atoms with Gasteiger partial charge in [-0.3, -0.25) is 0 Å². The standard InChI is InChI=1S/C23H28N4O2/c1-3-29-22-11-7-20(8-12-22)17-27(15-4-14-26-16-13-24-18-26)23(28)25-21-9-5-19(2)6-10-21/h5-13,16,18H,3-4,14-15,17H2,1-2H3,(H,25,28). The molecule has 0 saturated heterocycles. The summed E-state index contributed by atoms with van der Waals surface area (Å²) in [6.45, 7) is 6.62. The summed E-state index contributed by atoms with van der Waals surface area (Å²) < 4.78 is 7.53. The summed E-state index contributed by atoms with van der Waals surface area (Å²) in [4.78, 5) is 18.8. The average Bonchev–Trinajstić information content (AvgIpc) is 3.24. The number of benzene rings is 2. The minimum Gasteiger partial charge on any atom is -0.494 e. The van der Waals surface area contributed by atoms with Crippen molar-refractivity contribution in [1.82, 2.24) is 14.5 Å². The van der Waals surface area contributed by atoms with Crippen LogP contribution in [0.2, 0.25) is 0 Å². The summed E-state index contributed by atoms with van der Waals surface area (Å²) in [5, 5.41) is 3.01. The van der Waals surface area contributed by atoms with Crippen LogP contribution in [-0.2, 0) is 13.1 Å². The molecule has 0 fully saturated rings. The van der Waals surface area contributed by atoms with Gasteiger partial charge in [0.25, 0.3) is 0 Å². The van der Waals surface area contributed by atoms with Crippen LogP contribution in [0.4, 0.5) is 10.5 Å². The second-order valence-electron chi connectivity index (χ2n) is 6.95. The molecule has 2 aromatic carbocycles. The highest BCUT2D eigenvalue weighted by molar-refractivity contribution is 5.89. The van der Waals surface area contributed by atoms with Crippen LogP contribution in [0.15, 0.2) is 67.3 Å². The summed E-state index contributed by atoms with van der Waals surface area (Å²) in [5.41, 5.74) is 3.02. The van der Waals surface area contributed by atoms with Crippen molar-refractivity contribution in [3.8, 4) is 5.75 Å². The van der Waals surface area contributed by atoms with E-state index >= 15 is 0 Å². The maximum absolute atomic E-state index is 12.9. The number of nitrogens with one attached hydrogen (secondary N) is 1. The number of ether oxygens (including phenoxy) is 1. The van der Waals surface area contributed by atoms with E-state index in [9.17, 15) is 4.79 Å².